The van der Waals surface area contributed by atoms with Gasteiger partial charge in [0.2, 0.25) is 0 Å². The summed E-state index contributed by atoms with van der Waals surface area (Å²) in [5, 5.41) is 0. The predicted molar refractivity (Wildman–Crippen MR) is 109 cm³/mol. The van der Waals surface area contributed by atoms with E-state index in [1.807, 2.05) is 64.6 Å². The first-order valence-electron chi connectivity index (χ1n) is 8.31. The van der Waals surface area contributed by atoms with E-state index < -0.39 is 0 Å². The Hall–Kier alpha value is -1.21. The van der Waals surface area contributed by atoms with Crippen molar-refractivity contribution in [2.24, 2.45) is 5.92 Å². The van der Waals surface area contributed by atoms with Gasteiger partial charge in [0.1, 0.15) is 0 Å². The Morgan fingerprint density at radius 3 is 1.77 bits per heavy atom. The molecule has 1 rings (SSSR count). The van der Waals surface area contributed by atoms with Crippen LogP contribution in [0.1, 0.15) is 41.5 Å². The summed E-state index contributed by atoms with van der Waals surface area (Å²) >= 11 is 1.95. The molecule has 0 aromatic heterocycles. The number of hydrogen-bond acceptors (Lipinski definition) is 1. The number of rotatable bonds is 7. The van der Waals surface area contributed by atoms with E-state index in [1.165, 1.54) is 22.3 Å². The molecule has 1 aliphatic rings. The van der Waals surface area contributed by atoms with Crippen molar-refractivity contribution >= 4 is 11.8 Å². The topological polar surface area (TPSA) is 0 Å². The lowest BCUT2D eigenvalue weighted by Gasteiger charge is -2.14. The largest absolute Gasteiger partial charge is 0.161 e. The van der Waals surface area contributed by atoms with Crippen molar-refractivity contribution < 1.29 is 0 Å². The molecular formula is C21H34S. The van der Waals surface area contributed by atoms with Crippen molar-refractivity contribution in [3.05, 3.63) is 72.4 Å². The van der Waals surface area contributed by atoms with Crippen LogP contribution in [0.15, 0.2) is 72.4 Å². The molecule has 0 radical (unpaired) electrons. The Bertz CT molecular complexity index is 433. The van der Waals surface area contributed by atoms with Gasteiger partial charge in [-0.1, -0.05) is 84.7 Å². The SMILES string of the molecule is C=CC1=C(C=C)C(CSCC)C(C=C)=C1/C=C\C.CC.CC. The zero-order chi connectivity index (χ0) is 17.5. The molecule has 0 fully saturated rings. The molecule has 124 valence electrons. The molecule has 1 aliphatic carbocycles. The van der Waals surface area contributed by atoms with E-state index in [4.69, 9.17) is 0 Å². The van der Waals surface area contributed by atoms with E-state index in [9.17, 15) is 0 Å². The van der Waals surface area contributed by atoms with Crippen LogP contribution >= 0.6 is 11.8 Å². The maximum absolute atomic E-state index is 3.97. The smallest absolute Gasteiger partial charge is 0.0192 e. The summed E-state index contributed by atoms with van der Waals surface area (Å²) in [6, 6.07) is 0. The minimum Gasteiger partial charge on any atom is -0.161 e. The van der Waals surface area contributed by atoms with E-state index in [-0.39, 0.29) is 0 Å². The second kappa shape index (κ2) is 14.7. The van der Waals surface area contributed by atoms with Gasteiger partial charge in [-0.05, 0) is 35.0 Å². The van der Waals surface area contributed by atoms with Gasteiger partial charge in [0.05, 0.1) is 0 Å². The summed E-state index contributed by atoms with van der Waals surface area (Å²) in [7, 11) is 0. The summed E-state index contributed by atoms with van der Waals surface area (Å²) < 4.78 is 0. The molecule has 0 heterocycles. The standard InChI is InChI=1S/C17H22S.2C2H6/c1-6-11-16-13(7-2)14(8-3)17(12-18-10-5)15(16)9-4;2*1-2/h6-9,11,17H,2-4,10,12H2,1,5H3;2*1-2H3/b11-6-;;. The molecule has 0 aromatic rings. The maximum Gasteiger partial charge on any atom is 0.0192 e. The van der Waals surface area contributed by atoms with Crippen LogP contribution in [0.2, 0.25) is 0 Å². The fourth-order valence-corrected chi connectivity index (χ4v) is 3.18. The lowest BCUT2D eigenvalue weighted by atomic mass is 9.96. The van der Waals surface area contributed by atoms with Crippen molar-refractivity contribution in [2.75, 3.05) is 11.5 Å². The Morgan fingerprint density at radius 2 is 1.41 bits per heavy atom. The molecule has 0 amide bonds. The third-order valence-electron chi connectivity index (χ3n) is 3.13. The number of allylic oxidation sites excluding steroid dienone is 9. The van der Waals surface area contributed by atoms with Crippen molar-refractivity contribution in [1.82, 2.24) is 0 Å². The molecule has 1 unspecified atom stereocenters. The highest BCUT2D eigenvalue weighted by molar-refractivity contribution is 7.99. The highest BCUT2D eigenvalue weighted by atomic mass is 32.2. The average Bonchev–Trinajstić information content (AvgIpc) is 2.88. The zero-order valence-corrected chi connectivity index (χ0v) is 16.2. The molecule has 0 N–H and O–H groups in total. The summed E-state index contributed by atoms with van der Waals surface area (Å²) in [5.74, 6) is 2.62. The molecule has 0 bridgehead atoms. The molecule has 0 saturated carbocycles. The van der Waals surface area contributed by atoms with Gasteiger partial charge in [0.15, 0.2) is 0 Å². The molecule has 0 saturated heterocycles. The fourth-order valence-electron chi connectivity index (χ4n) is 2.35. The maximum atomic E-state index is 3.97. The van der Waals surface area contributed by atoms with Gasteiger partial charge < -0.3 is 0 Å². The molecular weight excluding hydrogens is 284 g/mol. The van der Waals surface area contributed by atoms with Gasteiger partial charge in [0.25, 0.3) is 0 Å². The first kappa shape index (κ1) is 23.1. The number of thioether (sulfide) groups is 1. The molecule has 0 spiro atoms. The Labute approximate surface area is 143 Å². The van der Waals surface area contributed by atoms with Crippen molar-refractivity contribution in [3.63, 3.8) is 0 Å². The molecule has 0 aromatic carbocycles. The average molecular weight is 319 g/mol. The second-order valence-corrected chi connectivity index (χ2v) is 5.38. The van der Waals surface area contributed by atoms with E-state index in [2.05, 4.69) is 38.8 Å². The van der Waals surface area contributed by atoms with E-state index in [1.54, 1.807) is 0 Å². The second-order valence-electron chi connectivity index (χ2n) is 4.06. The predicted octanol–water partition coefficient (Wildman–Crippen LogP) is 7.15. The molecule has 1 heteroatoms. The van der Waals surface area contributed by atoms with E-state index in [0.717, 1.165) is 11.5 Å². The minimum atomic E-state index is 0.407. The molecule has 0 aliphatic heterocycles. The number of hydrogen-bond donors (Lipinski definition) is 0. The third-order valence-corrected chi connectivity index (χ3v) is 4.11. The summed E-state index contributed by atoms with van der Waals surface area (Å²) in [6.45, 7) is 24.1. The third kappa shape index (κ3) is 5.88. The first-order chi connectivity index (χ1) is 10.7. The van der Waals surface area contributed by atoms with Crippen molar-refractivity contribution in [1.29, 1.82) is 0 Å². The summed E-state index contributed by atoms with van der Waals surface area (Å²) in [6.07, 6.45) is 10.1. The first-order valence-corrected chi connectivity index (χ1v) is 9.46. The monoisotopic (exact) mass is 318 g/mol. The van der Waals surface area contributed by atoms with Crippen LogP contribution in [0.5, 0.6) is 0 Å². The molecule has 22 heavy (non-hydrogen) atoms. The summed E-state index contributed by atoms with van der Waals surface area (Å²) in [4.78, 5) is 0. The van der Waals surface area contributed by atoms with E-state index in [0.29, 0.717) is 5.92 Å². The van der Waals surface area contributed by atoms with Gasteiger partial charge in [0, 0.05) is 11.7 Å². The normalized spacial score (nSPS) is 16.7. The van der Waals surface area contributed by atoms with Crippen LogP contribution in [0.25, 0.3) is 0 Å². The highest BCUT2D eigenvalue weighted by Gasteiger charge is 2.27. The highest BCUT2D eigenvalue weighted by Crippen LogP contribution is 2.41. The van der Waals surface area contributed by atoms with Gasteiger partial charge in [-0.25, -0.2) is 0 Å². The van der Waals surface area contributed by atoms with Gasteiger partial charge in [-0.3, -0.25) is 0 Å². The lowest BCUT2D eigenvalue weighted by molar-refractivity contribution is 0.881. The van der Waals surface area contributed by atoms with Gasteiger partial charge in [-0.15, -0.1) is 0 Å². The van der Waals surface area contributed by atoms with Crippen molar-refractivity contribution in [2.45, 2.75) is 41.5 Å². The van der Waals surface area contributed by atoms with Crippen LogP contribution in [0.4, 0.5) is 0 Å². The molecule has 1 atom stereocenters. The lowest BCUT2D eigenvalue weighted by Crippen LogP contribution is -2.05. The van der Waals surface area contributed by atoms with Crippen LogP contribution < -0.4 is 0 Å². The molecule has 0 nitrogen and oxygen atoms in total. The zero-order valence-electron chi connectivity index (χ0n) is 15.4. The van der Waals surface area contributed by atoms with Crippen LogP contribution in [0, 0.1) is 5.92 Å². The van der Waals surface area contributed by atoms with E-state index >= 15 is 0 Å². The Balaban J connectivity index is 0. The quantitative estimate of drug-likeness (QED) is 0.480. The fraction of sp³-hybridized carbons (Fsp3) is 0.429. The Morgan fingerprint density at radius 1 is 0.909 bits per heavy atom. The van der Waals surface area contributed by atoms with Crippen molar-refractivity contribution in [3.8, 4) is 0 Å². The Kier molecular flexibility index (Phi) is 15.4. The van der Waals surface area contributed by atoms with Crippen LogP contribution in [-0.2, 0) is 0 Å². The summed E-state index contributed by atoms with van der Waals surface area (Å²) in [5.41, 5.74) is 5.05. The van der Waals surface area contributed by atoms with Gasteiger partial charge in [-0.2, -0.15) is 11.8 Å². The minimum absolute atomic E-state index is 0.407. The van der Waals surface area contributed by atoms with Gasteiger partial charge >= 0.3 is 0 Å². The van der Waals surface area contributed by atoms with Crippen LogP contribution in [0.3, 0.4) is 0 Å². The van der Waals surface area contributed by atoms with Crippen LogP contribution in [-0.4, -0.2) is 11.5 Å².